The maximum Gasteiger partial charge on any atom is 0.0911 e. The zero-order valence-corrected chi connectivity index (χ0v) is 9.87. The summed E-state index contributed by atoms with van der Waals surface area (Å²) in [7, 11) is 1.16. The minimum atomic E-state index is -0.807. The zero-order valence-electron chi connectivity index (χ0n) is 8.23. The van der Waals surface area contributed by atoms with E-state index < -0.39 is 10.8 Å². The second-order valence-corrected chi connectivity index (χ2v) is 6.35. The van der Waals surface area contributed by atoms with Crippen molar-refractivity contribution in [3.8, 4) is 0 Å². The van der Waals surface area contributed by atoms with E-state index in [0.717, 1.165) is 15.9 Å². The Kier molecular flexibility index (Phi) is 3.36. The largest absolute Gasteiger partial charge is 0.316 e. The standard InChI is InChI=1S/C10H15NOS2/c1-11-9(8-4-5-8)7-14(12)10-3-2-6-13-10/h2-3,6,8-9,11H,4-5,7H2,1H3. The average molecular weight is 229 g/mol. The summed E-state index contributed by atoms with van der Waals surface area (Å²) in [5.41, 5.74) is 0. The maximum atomic E-state index is 11.9. The lowest BCUT2D eigenvalue weighted by Gasteiger charge is -2.13. The van der Waals surface area contributed by atoms with Crippen molar-refractivity contribution in [1.29, 1.82) is 0 Å². The fourth-order valence-electron chi connectivity index (χ4n) is 1.59. The number of nitrogens with one attached hydrogen (secondary N) is 1. The van der Waals surface area contributed by atoms with E-state index in [1.165, 1.54) is 12.8 Å². The van der Waals surface area contributed by atoms with Gasteiger partial charge in [-0.25, -0.2) is 0 Å². The van der Waals surface area contributed by atoms with Gasteiger partial charge in [0.15, 0.2) is 0 Å². The number of thiophene rings is 1. The molecule has 14 heavy (non-hydrogen) atoms. The Labute approximate surface area is 91.2 Å². The van der Waals surface area contributed by atoms with Crippen LogP contribution >= 0.6 is 11.3 Å². The third-order valence-corrected chi connectivity index (χ3v) is 5.37. The van der Waals surface area contributed by atoms with Gasteiger partial charge in [0.2, 0.25) is 0 Å². The summed E-state index contributed by atoms with van der Waals surface area (Å²) in [6.07, 6.45) is 2.60. The van der Waals surface area contributed by atoms with Crippen molar-refractivity contribution in [1.82, 2.24) is 5.32 Å². The normalized spacial score (nSPS) is 20.6. The van der Waals surface area contributed by atoms with Crippen LogP contribution in [0.25, 0.3) is 0 Å². The molecule has 0 spiro atoms. The predicted octanol–water partition coefficient (Wildman–Crippen LogP) is 1.85. The molecule has 0 aromatic carbocycles. The van der Waals surface area contributed by atoms with Crippen LogP contribution in [0.15, 0.2) is 21.7 Å². The molecule has 1 fully saturated rings. The molecular formula is C10H15NOS2. The molecule has 1 N–H and O–H groups in total. The van der Waals surface area contributed by atoms with Gasteiger partial charge in [0, 0.05) is 11.8 Å². The molecule has 2 rings (SSSR count). The van der Waals surface area contributed by atoms with Crippen LogP contribution in [-0.2, 0) is 10.8 Å². The Morgan fingerprint density at radius 2 is 2.50 bits per heavy atom. The molecule has 1 aliphatic carbocycles. The van der Waals surface area contributed by atoms with Crippen LogP contribution in [0.1, 0.15) is 12.8 Å². The molecule has 1 saturated carbocycles. The van der Waals surface area contributed by atoms with Crippen molar-refractivity contribution < 1.29 is 4.21 Å². The minimum Gasteiger partial charge on any atom is -0.316 e. The van der Waals surface area contributed by atoms with Crippen LogP contribution in [0.4, 0.5) is 0 Å². The fraction of sp³-hybridized carbons (Fsp3) is 0.600. The summed E-state index contributed by atoms with van der Waals surface area (Å²) in [5, 5.41) is 5.25. The molecule has 0 amide bonds. The van der Waals surface area contributed by atoms with Crippen molar-refractivity contribution in [3.63, 3.8) is 0 Å². The van der Waals surface area contributed by atoms with E-state index in [4.69, 9.17) is 0 Å². The van der Waals surface area contributed by atoms with Gasteiger partial charge >= 0.3 is 0 Å². The van der Waals surface area contributed by atoms with Gasteiger partial charge in [0.05, 0.1) is 15.0 Å². The molecule has 1 aromatic rings. The highest BCUT2D eigenvalue weighted by atomic mass is 32.2. The van der Waals surface area contributed by atoms with E-state index >= 15 is 0 Å². The van der Waals surface area contributed by atoms with Gasteiger partial charge in [0.1, 0.15) is 0 Å². The highest BCUT2D eigenvalue weighted by Crippen LogP contribution is 2.33. The number of hydrogen-bond donors (Lipinski definition) is 1. The first kappa shape index (κ1) is 10.3. The van der Waals surface area contributed by atoms with Crippen molar-refractivity contribution in [2.45, 2.75) is 23.1 Å². The second-order valence-electron chi connectivity index (χ2n) is 3.68. The lowest BCUT2D eigenvalue weighted by molar-refractivity contribution is 0.546. The van der Waals surface area contributed by atoms with Crippen molar-refractivity contribution in [2.24, 2.45) is 5.92 Å². The van der Waals surface area contributed by atoms with E-state index in [-0.39, 0.29) is 0 Å². The highest BCUT2D eigenvalue weighted by Gasteiger charge is 2.31. The van der Waals surface area contributed by atoms with Gasteiger partial charge in [-0.15, -0.1) is 11.3 Å². The van der Waals surface area contributed by atoms with Crippen LogP contribution < -0.4 is 5.32 Å². The molecule has 2 nitrogen and oxygen atoms in total. The van der Waals surface area contributed by atoms with Crippen LogP contribution in [0, 0.1) is 5.92 Å². The molecule has 2 atom stereocenters. The molecule has 0 radical (unpaired) electrons. The zero-order chi connectivity index (χ0) is 9.97. The summed E-state index contributed by atoms with van der Waals surface area (Å²) >= 11 is 1.59. The van der Waals surface area contributed by atoms with Gasteiger partial charge in [-0.2, -0.15) is 0 Å². The quantitative estimate of drug-likeness (QED) is 0.835. The molecule has 78 valence electrons. The second kappa shape index (κ2) is 4.55. The lowest BCUT2D eigenvalue weighted by atomic mass is 10.2. The molecule has 0 bridgehead atoms. The Bertz CT molecular complexity index is 306. The van der Waals surface area contributed by atoms with E-state index in [2.05, 4.69) is 5.32 Å². The van der Waals surface area contributed by atoms with E-state index in [1.54, 1.807) is 11.3 Å². The topological polar surface area (TPSA) is 29.1 Å². The van der Waals surface area contributed by atoms with Gasteiger partial charge in [-0.3, -0.25) is 4.21 Å². The summed E-state index contributed by atoms with van der Waals surface area (Å²) in [5.74, 6) is 1.53. The van der Waals surface area contributed by atoms with Gasteiger partial charge < -0.3 is 5.32 Å². The molecule has 1 aromatic heterocycles. The van der Waals surface area contributed by atoms with Gasteiger partial charge in [0.25, 0.3) is 0 Å². The molecule has 1 heterocycles. The van der Waals surface area contributed by atoms with Crippen LogP contribution in [-0.4, -0.2) is 23.1 Å². The van der Waals surface area contributed by atoms with Gasteiger partial charge in [-0.05, 0) is 37.3 Å². The number of hydrogen-bond acceptors (Lipinski definition) is 3. The first-order valence-electron chi connectivity index (χ1n) is 4.90. The maximum absolute atomic E-state index is 11.9. The molecule has 0 aliphatic heterocycles. The molecular weight excluding hydrogens is 214 g/mol. The molecule has 1 aliphatic rings. The van der Waals surface area contributed by atoms with E-state index in [0.29, 0.717) is 6.04 Å². The van der Waals surface area contributed by atoms with Crippen molar-refractivity contribution in [2.75, 3.05) is 12.8 Å². The SMILES string of the molecule is CNC(CS(=O)c1cccs1)C1CC1. The number of rotatable bonds is 5. The minimum absolute atomic E-state index is 0.443. The summed E-state index contributed by atoms with van der Waals surface area (Å²) in [6, 6.07) is 4.36. The monoisotopic (exact) mass is 229 g/mol. The molecule has 4 heteroatoms. The van der Waals surface area contributed by atoms with Crippen LogP contribution in [0.2, 0.25) is 0 Å². The van der Waals surface area contributed by atoms with Crippen molar-refractivity contribution >= 4 is 22.1 Å². The highest BCUT2D eigenvalue weighted by molar-refractivity contribution is 7.87. The first-order valence-corrected chi connectivity index (χ1v) is 7.10. The molecule has 2 unspecified atom stereocenters. The van der Waals surface area contributed by atoms with Crippen LogP contribution in [0.5, 0.6) is 0 Å². The smallest absolute Gasteiger partial charge is 0.0911 e. The summed E-state index contributed by atoms with van der Waals surface area (Å²) < 4.78 is 12.9. The van der Waals surface area contributed by atoms with E-state index in [9.17, 15) is 4.21 Å². The third-order valence-electron chi connectivity index (χ3n) is 2.61. The Balaban J connectivity index is 1.92. The first-order chi connectivity index (χ1) is 6.81. The predicted molar refractivity (Wildman–Crippen MR) is 61.2 cm³/mol. The Morgan fingerprint density at radius 3 is 3.00 bits per heavy atom. The lowest BCUT2D eigenvalue weighted by Crippen LogP contribution is -2.32. The average Bonchev–Trinajstić information content (AvgIpc) is 2.88. The van der Waals surface area contributed by atoms with Crippen LogP contribution in [0.3, 0.4) is 0 Å². The van der Waals surface area contributed by atoms with Crippen molar-refractivity contribution in [3.05, 3.63) is 17.5 Å². The molecule has 0 saturated heterocycles. The Morgan fingerprint density at radius 1 is 1.71 bits per heavy atom. The third kappa shape index (κ3) is 2.43. The fourth-order valence-corrected chi connectivity index (χ4v) is 4.00. The van der Waals surface area contributed by atoms with E-state index in [1.807, 2.05) is 24.6 Å². The summed E-state index contributed by atoms with van der Waals surface area (Å²) in [4.78, 5) is 0. The van der Waals surface area contributed by atoms with Gasteiger partial charge in [-0.1, -0.05) is 6.07 Å². The Hall–Kier alpha value is -0.190. The summed E-state index contributed by atoms with van der Waals surface area (Å²) in [6.45, 7) is 0.